The van der Waals surface area contributed by atoms with Crippen LogP contribution in [-0.2, 0) is 9.53 Å². The molecule has 0 fully saturated rings. The molecule has 0 aliphatic heterocycles. The number of hydrogen-bond donors (Lipinski definition) is 0. The number of alkyl halides is 2. The van der Waals surface area contributed by atoms with Crippen molar-refractivity contribution in [1.29, 1.82) is 0 Å². The Balaban J connectivity index is 3.20. The highest BCUT2D eigenvalue weighted by Gasteiger charge is 2.04. The zero-order valence-electron chi connectivity index (χ0n) is 9.31. The standard InChI is InChI=1S/C11H20Cl2O2/c1-2-6-10(13)7-4-3-5-8-11(14)15-9-12/h10H,2-9H2,1H3. The van der Waals surface area contributed by atoms with Crippen molar-refractivity contribution in [1.82, 2.24) is 0 Å². The first-order valence-electron chi connectivity index (χ1n) is 5.56. The van der Waals surface area contributed by atoms with Gasteiger partial charge in [-0.1, -0.05) is 37.8 Å². The van der Waals surface area contributed by atoms with Crippen LogP contribution in [0.1, 0.15) is 51.9 Å². The molecular formula is C11H20Cl2O2. The number of esters is 1. The monoisotopic (exact) mass is 254 g/mol. The predicted octanol–water partition coefficient (Wildman–Crippen LogP) is 4.08. The minimum Gasteiger partial charge on any atom is -0.449 e. The van der Waals surface area contributed by atoms with Gasteiger partial charge in [0.2, 0.25) is 0 Å². The molecule has 0 saturated carbocycles. The SMILES string of the molecule is CCCC(Cl)CCCCCC(=O)OCCl. The van der Waals surface area contributed by atoms with Crippen molar-refractivity contribution in [2.24, 2.45) is 0 Å². The second-order valence-corrected chi connectivity index (χ2v) is 4.45. The number of carbonyl (C=O) groups excluding carboxylic acids is 1. The zero-order valence-corrected chi connectivity index (χ0v) is 10.8. The molecule has 0 heterocycles. The molecule has 0 aliphatic rings. The van der Waals surface area contributed by atoms with E-state index in [2.05, 4.69) is 11.7 Å². The molecule has 0 aliphatic carbocycles. The van der Waals surface area contributed by atoms with Gasteiger partial charge < -0.3 is 4.74 Å². The molecule has 0 aromatic heterocycles. The predicted molar refractivity (Wildman–Crippen MR) is 64.4 cm³/mol. The lowest BCUT2D eigenvalue weighted by atomic mass is 10.1. The average molecular weight is 255 g/mol. The molecule has 1 atom stereocenters. The van der Waals surface area contributed by atoms with Crippen LogP contribution in [0, 0.1) is 0 Å². The summed E-state index contributed by atoms with van der Waals surface area (Å²) in [6, 6.07) is -0.0426. The van der Waals surface area contributed by atoms with E-state index < -0.39 is 0 Å². The second-order valence-electron chi connectivity index (χ2n) is 3.61. The number of ether oxygens (including phenoxy) is 1. The summed E-state index contributed by atoms with van der Waals surface area (Å²) < 4.78 is 4.61. The van der Waals surface area contributed by atoms with E-state index in [-0.39, 0.29) is 12.0 Å². The molecule has 0 aromatic carbocycles. The van der Waals surface area contributed by atoms with E-state index in [4.69, 9.17) is 23.2 Å². The first-order valence-corrected chi connectivity index (χ1v) is 6.53. The van der Waals surface area contributed by atoms with Crippen LogP contribution in [0.5, 0.6) is 0 Å². The van der Waals surface area contributed by atoms with Crippen molar-refractivity contribution in [3.63, 3.8) is 0 Å². The van der Waals surface area contributed by atoms with Crippen LogP contribution in [0.4, 0.5) is 0 Å². The Bertz CT molecular complexity index is 163. The lowest BCUT2D eigenvalue weighted by Crippen LogP contribution is -2.02. The Morgan fingerprint density at radius 2 is 2.00 bits per heavy atom. The molecule has 4 heteroatoms. The van der Waals surface area contributed by atoms with Gasteiger partial charge in [-0.25, -0.2) is 0 Å². The number of carbonyl (C=O) groups is 1. The molecule has 15 heavy (non-hydrogen) atoms. The Hall–Kier alpha value is 0.0500. The molecule has 0 amide bonds. The normalized spacial score (nSPS) is 12.5. The average Bonchev–Trinajstić information content (AvgIpc) is 2.18. The molecule has 90 valence electrons. The molecule has 0 aromatic rings. The smallest absolute Gasteiger partial charge is 0.306 e. The van der Waals surface area contributed by atoms with Crippen LogP contribution < -0.4 is 0 Å². The summed E-state index contributed by atoms with van der Waals surface area (Å²) in [6.07, 6.45) is 6.71. The highest BCUT2D eigenvalue weighted by Crippen LogP contribution is 2.14. The van der Waals surface area contributed by atoms with E-state index in [0.29, 0.717) is 11.8 Å². The van der Waals surface area contributed by atoms with E-state index in [0.717, 1.165) is 38.5 Å². The second kappa shape index (κ2) is 10.6. The summed E-state index contributed by atoms with van der Waals surface area (Å²) in [7, 11) is 0. The molecule has 0 spiro atoms. The molecule has 0 radical (unpaired) electrons. The third-order valence-electron chi connectivity index (χ3n) is 2.22. The van der Waals surface area contributed by atoms with E-state index in [1.165, 1.54) is 0 Å². The molecule has 1 unspecified atom stereocenters. The Labute approximate surface area is 102 Å². The molecular weight excluding hydrogens is 235 g/mol. The van der Waals surface area contributed by atoms with Crippen LogP contribution in [-0.4, -0.2) is 17.4 Å². The first kappa shape index (κ1) is 15.0. The van der Waals surface area contributed by atoms with Gasteiger partial charge in [0.05, 0.1) is 0 Å². The van der Waals surface area contributed by atoms with Crippen LogP contribution >= 0.6 is 23.2 Å². The van der Waals surface area contributed by atoms with E-state index >= 15 is 0 Å². The first-order chi connectivity index (χ1) is 7.20. The van der Waals surface area contributed by atoms with Gasteiger partial charge in [-0.2, -0.15) is 0 Å². The minimum absolute atomic E-state index is 0.0426. The van der Waals surface area contributed by atoms with E-state index in [1.807, 2.05) is 0 Å². The maximum Gasteiger partial charge on any atom is 0.306 e. The Morgan fingerprint density at radius 3 is 2.60 bits per heavy atom. The fraction of sp³-hybridized carbons (Fsp3) is 0.909. The van der Waals surface area contributed by atoms with Gasteiger partial charge in [0.15, 0.2) is 6.07 Å². The van der Waals surface area contributed by atoms with Crippen LogP contribution in [0.2, 0.25) is 0 Å². The maximum absolute atomic E-state index is 10.9. The summed E-state index contributed by atoms with van der Waals surface area (Å²) in [5, 5.41) is 0.296. The fourth-order valence-electron chi connectivity index (χ4n) is 1.40. The van der Waals surface area contributed by atoms with Crippen molar-refractivity contribution in [3.05, 3.63) is 0 Å². The maximum atomic E-state index is 10.9. The van der Waals surface area contributed by atoms with Crippen LogP contribution in [0.25, 0.3) is 0 Å². The third-order valence-corrected chi connectivity index (χ3v) is 2.76. The minimum atomic E-state index is -0.207. The highest BCUT2D eigenvalue weighted by molar-refractivity contribution is 6.20. The summed E-state index contributed by atoms with van der Waals surface area (Å²) in [5.41, 5.74) is 0. The Kier molecular flexibility index (Phi) is 10.6. The van der Waals surface area contributed by atoms with E-state index in [1.54, 1.807) is 0 Å². The summed E-state index contributed by atoms with van der Waals surface area (Å²) in [4.78, 5) is 10.9. The van der Waals surface area contributed by atoms with Gasteiger partial charge in [-0.3, -0.25) is 4.79 Å². The van der Waals surface area contributed by atoms with Gasteiger partial charge in [-0.05, 0) is 19.3 Å². The zero-order chi connectivity index (χ0) is 11.5. The van der Waals surface area contributed by atoms with Gasteiger partial charge in [0, 0.05) is 11.8 Å². The van der Waals surface area contributed by atoms with Crippen molar-refractivity contribution >= 4 is 29.2 Å². The fourth-order valence-corrected chi connectivity index (χ4v) is 1.90. The van der Waals surface area contributed by atoms with E-state index in [9.17, 15) is 4.79 Å². The molecule has 0 rings (SSSR count). The Morgan fingerprint density at radius 1 is 1.27 bits per heavy atom. The van der Waals surface area contributed by atoms with Gasteiger partial charge in [0.1, 0.15) is 0 Å². The van der Waals surface area contributed by atoms with Crippen molar-refractivity contribution in [2.75, 3.05) is 6.07 Å². The molecule has 0 bridgehead atoms. The lowest BCUT2D eigenvalue weighted by Gasteiger charge is -2.06. The van der Waals surface area contributed by atoms with Crippen molar-refractivity contribution < 1.29 is 9.53 Å². The lowest BCUT2D eigenvalue weighted by molar-refractivity contribution is -0.141. The summed E-state index contributed by atoms with van der Waals surface area (Å²) in [5.74, 6) is -0.207. The van der Waals surface area contributed by atoms with Gasteiger partial charge >= 0.3 is 5.97 Å². The number of rotatable bonds is 9. The third kappa shape index (κ3) is 10.3. The summed E-state index contributed by atoms with van der Waals surface area (Å²) >= 11 is 11.3. The highest BCUT2D eigenvalue weighted by atomic mass is 35.5. The largest absolute Gasteiger partial charge is 0.449 e. The van der Waals surface area contributed by atoms with Crippen molar-refractivity contribution in [3.8, 4) is 0 Å². The molecule has 2 nitrogen and oxygen atoms in total. The molecule has 0 N–H and O–H groups in total. The number of halogens is 2. The van der Waals surface area contributed by atoms with Crippen LogP contribution in [0.3, 0.4) is 0 Å². The topological polar surface area (TPSA) is 26.3 Å². The van der Waals surface area contributed by atoms with Crippen LogP contribution in [0.15, 0.2) is 0 Å². The van der Waals surface area contributed by atoms with Gasteiger partial charge in [-0.15, -0.1) is 11.6 Å². The quantitative estimate of drug-likeness (QED) is 0.352. The number of unbranched alkanes of at least 4 members (excludes halogenated alkanes) is 2. The molecule has 0 saturated heterocycles. The van der Waals surface area contributed by atoms with Gasteiger partial charge in [0.25, 0.3) is 0 Å². The summed E-state index contributed by atoms with van der Waals surface area (Å²) in [6.45, 7) is 2.14. The number of hydrogen-bond acceptors (Lipinski definition) is 2. The van der Waals surface area contributed by atoms with Crippen molar-refractivity contribution in [2.45, 2.75) is 57.2 Å².